The first-order valence-electron chi connectivity index (χ1n) is 6.29. The molecular weight excluding hydrogens is 300 g/mol. The summed E-state index contributed by atoms with van der Waals surface area (Å²) in [5.41, 5.74) is 6.90. The zero-order chi connectivity index (χ0) is 15.0. The van der Waals surface area contributed by atoms with Crippen molar-refractivity contribution < 1.29 is 16.8 Å². The Labute approximate surface area is 119 Å². The van der Waals surface area contributed by atoms with E-state index in [-0.39, 0.29) is 29.5 Å². The fraction of sp³-hybridized carbons (Fsp3) is 0.500. The van der Waals surface area contributed by atoms with Gasteiger partial charge in [0.15, 0.2) is 9.84 Å². The number of hydrogen-bond donors (Lipinski definition) is 1. The van der Waals surface area contributed by atoms with E-state index in [9.17, 15) is 16.8 Å². The molecule has 6 nitrogen and oxygen atoms in total. The molecule has 1 heterocycles. The lowest BCUT2D eigenvalue weighted by Crippen LogP contribution is -2.33. The van der Waals surface area contributed by atoms with E-state index < -0.39 is 19.9 Å². The number of anilines is 1. The molecule has 1 aromatic rings. The molecule has 2 N–H and O–H groups in total. The van der Waals surface area contributed by atoms with E-state index in [1.807, 2.05) is 0 Å². The monoisotopic (exact) mass is 318 g/mol. The average Bonchev–Trinajstić information content (AvgIpc) is 2.54. The average molecular weight is 318 g/mol. The minimum Gasteiger partial charge on any atom is -0.399 e. The second-order valence-corrected chi connectivity index (χ2v) is 9.17. The summed E-state index contributed by atoms with van der Waals surface area (Å²) >= 11 is 0. The van der Waals surface area contributed by atoms with Crippen LogP contribution in [-0.2, 0) is 19.9 Å². The maximum Gasteiger partial charge on any atom is 0.243 e. The molecule has 1 aliphatic heterocycles. The SMILES string of the molecule is Cc1cc(S(=O)(=O)N2CCCS(=O)(=O)CC2)ccc1N. The molecule has 1 fully saturated rings. The summed E-state index contributed by atoms with van der Waals surface area (Å²) in [6.45, 7) is 1.97. The molecule has 0 aromatic heterocycles. The Balaban J connectivity index is 2.32. The number of sulfonamides is 1. The van der Waals surface area contributed by atoms with Gasteiger partial charge in [0.05, 0.1) is 16.4 Å². The Hall–Kier alpha value is -1.12. The number of nitrogens with zero attached hydrogens (tertiary/aromatic N) is 1. The van der Waals surface area contributed by atoms with Gasteiger partial charge in [0.1, 0.15) is 0 Å². The molecule has 8 heteroatoms. The van der Waals surface area contributed by atoms with Gasteiger partial charge in [0, 0.05) is 18.8 Å². The molecule has 0 spiro atoms. The minimum absolute atomic E-state index is 0.00803. The Bertz CT molecular complexity index is 711. The normalized spacial score (nSPS) is 20.4. The molecule has 0 aliphatic carbocycles. The first kappa shape index (κ1) is 15.3. The van der Waals surface area contributed by atoms with Crippen molar-refractivity contribution in [2.24, 2.45) is 0 Å². The van der Waals surface area contributed by atoms with Gasteiger partial charge < -0.3 is 5.73 Å². The molecule has 0 atom stereocenters. The van der Waals surface area contributed by atoms with E-state index in [1.54, 1.807) is 13.0 Å². The topological polar surface area (TPSA) is 97.5 Å². The lowest BCUT2D eigenvalue weighted by Gasteiger charge is -2.19. The van der Waals surface area contributed by atoms with Gasteiger partial charge >= 0.3 is 0 Å². The van der Waals surface area contributed by atoms with Gasteiger partial charge in [-0.25, -0.2) is 16.8 Å². The summed E-state index contributed by atoms with van der Waals surface area (Å²) in [6.07, 6.45) is 0.329. The zero-order valence-electron chi connectivity index (χ0n) is 11.2. The number of benzene rings is 1. The first-order chi connectivity index (χ1) is 9.22. The summed E-state index contributed by atoms with van der Waals surface area (Å²) in [5, 5.41) is 0. The lowest BCUT2D eigenvalue weighted by atomic mass is 10.2. The number of nitrogen functional groups attached to an aromatic ring is 1. The fourth-order valence-electron chi connectivity index (χ4n) is 2.11. The van der Waals surface area contributed by atoms with Crippen LogP contribution in [0.2, 0.25) is 0 Å². The molecule has 0 bridgehead atoms. The quantitative estimate of drug-likeness (QED) is 0.795. The van der Waals surface area contributed by atoms with Crippen LogP contribution in [0.1, 0.15) is 12.0 Å². The maximum absolute atomic E-state index is 12.5. The molecule has 2 rings (SSSR count). The standard InChI is InChI=1S/C12H18N2O4S2/c1-10-9-11(3-4-12(10)13)20(17,18)14-5-2-7-19(15,16)8-6-14/h3-4,9H,2,5-8,13H2,1H3. The van der Waals surface area contributed by atoms with Crippen LogP contribution in [0.15, 0.2) is 23.1 Å². The summed E-state index contributed by atoms with van der Waals surface area (Å²) < 4.78 is 49.3. The Morgan fingerprint density at radius 1 is 1.20 bits per heavy atom. The second kappa shape index (κ2) is 5.34. The maximum atomic E-state index is 12.5. The summed E-state index contributed by atoms with van der Waals surface area (Å²) in [7, 11) is -6.80. The smallest absolute Gasteiger partial charge is 0.243 e. The van der Waals surface area contributed by atoms with Crippen molar-refractivity contribution in [3.63, 3.8) is 0 Å². The highest BCUT2D eigenvalue weighted by atomic mass is 32.2. The van der Waals surface area contributed by atoms with Crippen molar-refractivity contribution >= 4 is 25.5 Å². The van der Waals surface area contributed by atoms with Crippen molar-refractivity contribution in [2.45, 2.75) is 18.2 Å². The van der Waals surface area contributed by atoms with Crippen LogP contribution in [-0.4, -0.2) is 45.7 Å². The molecule has 20 heavy (non-hydrogen) atoms. The van der Waals surface area contributed by atoms with Gasteiger partial charge in [-0.3, -0.25) is 0 Å². The van der Waals surface area contributed by atoms with Gasteiger partial charge in [-0.15, -0.1) is 0 Å². The van der Waals surface area contributed by atoms with Gasteiger partial charge in [-0.05, 0) is 37.1 Å². The van der Waals surface area contributed by atoms with Gasteiger partial charge in [-0.1, -0.05) is 0 Å². The highest BCUT2D eigenvalue weighted by Crippen LogP contribution is 2.22. The van der Waals surface area contributed by atoms with E-state index in [2.05, 4.69) is 0 Å². The van der Waals surface area contributed by atoms with Crippen molar-refractivity contribution in [1.29, 1.82) is 0 Å². The molecule has 112 valence electrons. The highest BCUT2D eigenvalue weighted by Gasteiger charge is 2.29. The Kier molecular flexibility index (Phi) is 4.08. The number of sulfone groups is 1. The van der Waals surface area contributed by atoms with Crippen molar-refractivity contribution in [3.05, 3.63) is 23.8 Å². The number of aryl methyl sites for hydroxylation is 1. The van der Waals surface area contributed by atoms with E-state index in [0.29, 0.717) is 17.7 Å². The van der Waals surface area contributed by atoms with Crippen LogP contribution in [0.3, 0.4) is 0 Å². The molecule has 0 radical (unpaired) electrons. The van der Waals surface area contributed by atoms with E-state index in [0.717, 1.165) is 0 Å². The fourth-order valence-corrected chi connectivity index (χ4v) is 5.07. The van der Waals surface area contributed by atoms with Crippen LogP contribution in [0, 0.1) is 6.92 Å². The first-order valence-corrected chi connectivity index (χ1v) is 9.55. The number of rotatable bonds is 2. The largest absolute Gasteiger partial charge is 0.399 e. The van der Waals surface area contributed by atoms with Crippen molar-refractivity contribution in [2.75, 3.05) is 30.3 Å². The third kappa shape index (κ3) is 3.13. The molecule has 1 aliphatic rings. The van der Waals surface area contributed by atoms with E-state index in [1.165, 1.54) is 16.4 Å². The Morgan fingerprint density at radius 3 is 2.55 bits per heavy atom. The molecule has 0 unspecified atom stereocenters. The van der Waals surface area contributed by atoms with E-state index >= 15 is 0 Å². The number of hydrogen-bond acceptors (Lipinski definition) is 5. The van der Waals surface area contributed by atoms with E-state index in [4.69, 9.17) is 5.73 Å². The predicted octanol–water partition coefficient (Wildman–Crippen LogP) is 0.386. The van der Waals surface area contributed by atoms with Crippen LogP contribution in [0.5, 0.6) is 0 Å². The molecule has 0 amide bonds. The third-order valence-corrected chi connectivity index (χ3v) is 7.00. The van der Waals surface area contributed by atoms with Crippen LogP contribution in [0.25, 0.3) is 0 Å². The highest BCUT2D eigenvalue weighted by molar-refractivity contribution is 7.91. The zero-order valence-corrected chi connectivity index (χ0v) is 12.9. The molecule has 1 aromatic carbocycles. The predicted molar refractivity (Wildman–Crippen MR) is 77.6 cm³/mol. The van der Waals surface area contributed by atoms with Crippen molar-refractivity contribution in [3.8, 4) is 0 Å². The molecule has 1 saturated heterocycles. The molecular formula is C12H18N2O4S2. The lowest BCUT2D eigenvalue weighted by molar-refractivity contribution is 0.434. The van der Waals surface area contributed by atoms with Gasteiger partial charge in [0.2, 0.25) is 10.0 Å². The summed E-state index contributed by atoms with van der Waals surface area (Å²) in [4.78, 5) is 0.156. The van der Waals surface area contributed by atoms with Gasteiger partial charge in [-0.2, -0.15) is 4.31 Å². The second-order valence-electron chi connectivity index (χ2n) is 4.93. The number of nitrogens with two attached hydrogens (primary N) is 1. The van der Waals surface area contributed by atoms with Gasteiger partial charge in [0.25, 0.3) is 0 Å². The third-order valence-electron chi connectivity index (χ3n) is 3.39. The minimum atomic E-state index is -3.66. The summed E-state index contributed by atoms with van der Waals surface area (Å²) in [5.74, 6) is -0.0834. The van der Waals surface area contributed by atoms with Crippen LogP contribution < -0.4 is 5.73 Å². The van der Waals surface area contributed by atoms with Crippen LogP contribution >= 0.6 is 0 Å². The summed E-state index contributed by atoms with van der Waals surface area (Å²) in [6, 6.07) is 4.53. The van der Waals surface area contributed by atoms with Crippen molar-refractivity contribution in [1.82, 2.24) is 4.31 Å². The Morgan fingerprint density at radius 2 is 1.90 bits per heavy atom. The molecule has 0 saturated carbocycles. The van der Waals surface area contributed by atoms with Crippen LogP contribution in [0.4, 0.5) is 5.69 Å².